The average Bonchev–Trinajstić information content (AvgIpc) is 2.86. The zero-order chi connectivity index (χ0) is 13.7. The van der Waals surface area contributed by atoms with E-state index in [4.69, 9.17) is 9.84 Å². The second-order valence-corrected chi connectivity index (χ2v) is 4.65. The van der Waals surface area contributed by atoms with Crippen LogP contribution >= 0.6 is 0 Å². The molecule has 0 heterocycles. The second-order valence-electron chi connectivity index (χ2n) is 4.65. The molecule has 0 spiro atoms. The van der Waals surface area contributed by atoms with E-state index in [1.165, 1.54) is 0 Å². The number of hydrogen-bond donors (Lipinski definition) is 2. The van der Waals surface area contributed by atoms with Crippen molar-refractivity contribution in [2.24, 2.45) is 5.92 Å². The summed E-state index contributed by atoms with van der Waals surface area (Å²) in [5.74, 6) is -0.965. The summed E-state index contributed by atoms with van der Waals surface area (Å²) in [5.41, 5.74) is 0. The van der Waals surface area contributed by atoms with Gasteiger partial charge in [0.15, 0.2) is 6.61 Å². The van der Waals surface area contributed by atoms with E-state index < -0.39 is 11.9 Å². The molecule has 0 bridgehead atoms. The molecule has 0 aliphatic heterocycles. The number of benzene rings is 1. The fourth-order valence-electron chi connectivity index (χ4n) is 2.34. The average molecular weight is 263 g/mol. The Morgan fingerprint density at radius 1 is 1.26 bits per heavy atom. The molecule has 1 amide bonds. The predicted octanol–water partition coefficient (Wildman–Crippen LogP) is 1.43. The summed E-state index contributed by atoms with van der Waals surface area (Å²) in [5, 5.41) is 11.8. The van der Waals surface area contributed by atoms with Gasteiger partial charge in [0.05, 0.1) is 5.92 Å². The third kappa shape index (κ3) is 3.71. The lowest BCUT2D eigenvalue weighted by Crippen LogP contribution is -2.42. The first-order valence-electron chi connectivity index (χ1n) is 6.37. The van der Waals surface area contributed by atoms with E-state index in [-0.39, 0.29) is 18.6 Å². The van der Waals surface area contributed by atoms with E-state index in [0.717, 1.165) is 6.42 Å². The van der Waals surface area contributed by atoms with Gasteiger partial charge in [0.2, 0.25) is 0 Å². The van der Waals surface area contributed by atoms with Crippen molar-refractivity contribution in [2.45, 2.75) is 25.3 Å². The van der Waals surface area contributed by atoms with Crippen molar-refractivity contribution < 1.29 is 19.4 Å². The Morgan fingerprint density at radius 3 is 2.68 bits per heavy atom. The Labute approximate surface area is 111 Å². The largest absolute Gasteiger partial charge is 0.484 e. The van der Waals surface area contributed by atoms with Gasteiger partial charge < -0.3 is 15.2 Å². The molecule has 1 aliphatic carbocycles. The van der Waals surface area contributed by atoms with E-state index in [9.17, 15) is 9.59 Å². The van der Waals surface area contributed by atoms with E-state index in [2.05, 4.69) is 5.32 Å². The molecule has 1 aromatic rings. The number of hydrogen-bond acceptors (Lipinski definition) is 3. The van der Waals surface area contributed by atoms with Gasteiger partial charge in [-0.2, -0.15) is 0 Å². The standard InChI is InChI=1S/C14H17NO4/c16-13(9-19-10-5-2-1-3-6-10)15-12-8-4-7-11(12)14(17)18/h1-3,5-6,11-12H,4,7-9H2,(H,15,16)(H,17,18). The van der Waals surface area contributed by atoms with Crippen molar-refractivity contribution in [2.75, 3.05) is 6.61 Å². The van der Waals surface area contributed by atoms with Gasteiger partial charge in [0.1, 0.15) is 5.75 Å². The maximum atomic E-state index is 11.7. The molecule has 2 atom stereocenters. The lowest BCUT2D eigenvalue weighted by atomic mass is 10.0. The van der Waals surface area contributed by atoms with Crippen molar-refractivity contribution in [3.05, 3.63) is 30.3 Å². The van der Waals surface area contributed by atoms with Crippen LogP contribution in [0.15, 0.2) is 30.3 Å². The third-order valence-electron chi connectivity index (χ3n) is 3.29. The Morgan fingerprint density at radius 2 is 2.00 bits per heavy atom. The second kappa shape index (κ2) is 6.22. The molecule has 0 aromatic heterocycles. The van der Waals surface area contributed by atoms with Gasteiger partial charge in [-0.05, 0) is 25.0 Å². The lowest BCUT2D eigenvalue weighted by molar-refractivity contribution is -0.142. The molecular formula is C14H17NO4. The molecular weight excluding hydrogens is 246 g/mol. The number of ether oxygens (including phenoxy) is 1. The van der Waals surface area contributed by atoms with Crippen molar-refractivity contribution in [3.8, 4) is 5.75 Å². The molecule has 1 fully saturated rings. The van der Waals surface area contributed by atoms with E-state index >= 15 is 0 Å². The minimum Gasteiger partial charge on any atom is -0.484 e. The summed E-state index contributed by atoms with van der Waals surface area (Å²) in [4.78, 5) is 22.7. The van der Waals surface area contributed by atoms with E-state index in [0.29, 0.717) is 18.6 Å². The van der Waals surface area contributed by atoms with Gasteiger partial charge >= 0.3 is 5.97 Å². The molecule has 1 saturated carbocycles. The van der Waals surface area contributed by atoms with Crippen molar-refractivity contribution in [1.29, 1.82) is 0 Å². The fourth-order valence-corrected chi connectivity index (χ4v) is 2.34. The van der Waals surface area contributed by atoms with Gasteiger partial charge in [0, 0.05) is 6.04 Å². The van der Waals surface area contributed by atoms with Crippen molar-refractivity contribution >= 4 is 11.9 Å². The Bertz CT molecular complexity index is 446. The van der Waals surface area contributed by atoms with Gasteiger partial charge in [-0.15, -0.1) is 0 Å². The van der Waals surface area contributed by atoms with Gasteiger partial charge in [0.25, 0.3) is 5.91 Å². The highest BCUT2D eigenvalue weighted by molar-refractivity contribution is 5.79. The molecule has 102 valence electrons. The summed E-state index contributed by atoms with van der Waals surface area (Å²) >= 11 is 0. The van der Waals surface area contributed by atoms with Crippen LogP contribution in [0, 0.1) is 5.92 Å². The first kappa shape index (κ1) is 13.4. The van der Waals surface area contributed by atoms with Crippen LogP contribution in [0.3, 0.4) is 0 Å². The van der Waals surface area contributed by atoms with Crippen LogP contribution in [0.2, 0.25) is 0 Å². The molecule has 5 nitrogen and oxygen atoms in total. The topological polar surface area (TPSA) is 75.6 Å². The minimum absolute atomic E-state index is 0.0904. The molecule has 0 saturated heterocycles. The number of carbonyl (C=O) groups is 2. The lowest BCUT2D eigenvalue weighted by Gasteiger charge is -2.17. The highest BCUT2D eigenvalue weighted by Gasteiger charge is 2.33. The number of para-hydroxylation sites is 1. The highest BCUT2D eigenvalue weighted by atomic mass is 16.5. The summed E-state index contributed by atoms with van der Waals surface area (Å²) in [6.07, 6.45) is 2.18. The zero-order valence-corrected chi connectivity index (χ0v) is 10.5. The Kier molecular flexibility index (Phi) is 4.39. The number of nitrogens with one attached hydrogen (secondary N) is 1. The summed E-state index contributed by atoms with van der Waals surface area (Å²) in [7, 11) is 0. The van der Waals surface area contributed by atoms with Crippen LogP contribution in [0.25, 0.3) is 0 Å². The third-order valence-corrected chi connectivity index (χ3v) is 3.29. The first-order chi connectivity index (χ1) is 9.16. The molecule has 2 rings (SSSR count). The first-order valence-corrected chi connectivity index (χ1v) is 6.37. The molecule has 5 heteroatoms. The number of carbonyl (C=O) groups excluding carboxylic acids is 1. The zero-order valence-electron chi connectivity index (χ0n) is 10.5. The maximum absolute atomic E-state index is 11.7. The molecule has 19 heavy (non-hydrogen) atoms. The number of aliphatic carboxylic acids is 1. The predicted molar refractivity (Wildman–Crippen MR) is 68.8 cm³/mol. The summed E-state index contributed by atoms with van der Waals surface area (Å²) in [6.45, 7) is -0.0904. The van der Waals surface area contributed by atoms with Crippen molar-refractivity contribution in [3.63, 3.8) is 0 Å². The van der Waals surface area contributed by atoms with Crippen LogP contribution in [0.4, 0.5) is 0 Å². The summed E-state index contributed by atoms with van der Waals surface area (Å²) in [6, 6.07) is 8.77. The minimum atomic E-state index is -0.841. The fraction of sp³-hybridized carbons (Fsp3) is 0.429. The molecule has 2 N–H and O–H groups in total. The quantitative estimate of drug-likeness (QED) is 0.842. The van der Waals surface area contributed by atoms with E-state index in [1.54, 1.807) is 12.1 Å². The molecule has 1 aromatic carbocycles. The number of amides is 1. The highest BCUT2D eigenvalue weighted by Crippen LogP contribution is 2.25. The maximum Gasteiger partial charge on any atom is 0.308 e. The van der Waals surface area contributed by atoms with Crippen molar-refractivity contribution in [1.82, 2.24) is 5.32 Å². The molecule has 1 aliphatic rings. The Balaban J connectivity index is 1.80. The molecule has 0 radical (unpaired) electrons. The van der Waals surface area contributed by atoms with Crippen LogP contribution in [-0.2, 0) is 9.59 Å². The van der Waals surface area contributed by atoms with Gasteiger partial charge in [-0.3, -0.25) is 9.59 Å². The monoisotopic (exact) mass is 263 g/mol. The van der Waals surface area contributed by atoms with Crippen LogP contribution in [0.1, 0.15) is 19.3 Å². The van der Waals surface area contributed by atoms with Gasteiger partial charge in [-0.25, -0.2) is 0 Å². The van der Waals surface area contributed by atoms with Crippen LogP contribution in [-0.4, -0.2) is 29.6 Å². The van der Waals surface area contributed by atoms with Crippen LogP contribution in [0.5, 0.6) is 5.75 Å². The van der Waals surface area contributed by atoms with E-state index in [1.807, 2.05) is 18.2 Å². The SMILES string of the molecule is O=C(COc1ccccc1)NC1CCCC1C(=O)O. The molecule has 2 unspecified atom stereocenters. The number of carboxylic acids is 1. The van der Waals surface area contributed by atoms with Crippen LogP contribution < -0.4 is 10.1 Å². The number of rotatable bonds is 5. The normalized spacial score (nSPS) is 21.9. The van der Waals surface area contributed by atoms with Gasteiger partial charge in [-0.1, -0.05) is 24.6 Å². The Hall–Kier alpha value is -2.04. The smallest absolute Gasteiger partial charge is 0.308 e. The summed E-state index contributed by atoms with van der Waals surface area (Å²) < 4.78 is 5.31. The number of carboxylic acid groups (broad SMARTS) is 1.